The quantitative estimate of drug-likeness (QED) is 0.513. The highest BCUT2D eigenvalue weighted by Gasteiger charge is 2.37. The van der Waals surface area contributed by atoms with Crippen LogP contribution in [-0.2, 0) is 6.18 Å². The first-order chi connectivity index (χ1) is 16.1. The lowest BCUT2D eigenvalue weighted by molar-refractivity contribution is -0.137. The van der Waals surface area contributed by atoms with Gasteiger partial charge < -0.3 is 9.80 Å². The summed E-state index contributed by atoms with van der Waals surface area (Å²) in [7, 11) is 1.79. The van der Waals surface area contributed by atoms with Crippen molar-refractivity contribution in [3.05, 3.63) is 82.3 Å². The Bertz CT molecular complexity index is 1150. The third kappa shape index (κ3) is 5.30. The molecular weight excluding hydrogens is 467 g/mol. The molecule has 0 saturated carbocycles. The van der Waals surface area contributed by atoms with Crippen molar-refractivity contribution in [3.63, 3.8) is 0 Å². The second kappa shape index (κ2) is 9.58. The Morgan fingerprint density at radius 3 is 2.50 bits per heavy atom. The topological polar surface area (TPSA) is 62.2 Å². The molecule has 3 heterocycles. The number of nitrogens with zero attached hydrogens (tertiary/aromatic N) is 5. The number of aromatic nitrogens is 3. The van der Waals surface area contributed by atoms with Crippen LogP contribution in [0.2, 0.25) is 5.02 Å². The second-order valence-electron chi connectivity index (χ2n) is 8.50. The second-order valence-corrected chi connectivity index (χ2v) is 8.93. The Balaban J connectivity index is 1.56. The molecular formula is C24H23ClF3N5O. The predicted octanol–water partition coefficient (Wildman–Crippen LogP) is 4.84. The van der Waals surface area contributed by atoms with Crippen LogP contribution in [0.25, 0.3) is 0 Å². The van der Waals surface area contributed by atoms with Crippen LogP contribution in [0, 0.1) is 12.8 Å². The molecule has 0 spiro atoms. The molecule has 1 unspecified atom stereocenters. The van der Waals surface area contributed by atoms with Gasteiger partial charge in [-0.1, -0.05) is 23.7 Å². The molecule has 2 aromatic heterocycles. The summed E-state index contributed by atoms with van der Waals surface area (Å²) in [5.41, 5.74) is 1.38. The number of alkyl halides is 3. The highest BCUT2D eigenvalue weighted by atomic mass is 35.5. The van der Waals surface area contributed by atoms with E-state index in [9.17, 15) is 18.0 Å². The number of rotatable bonds is 5. The van der Waals surface area contributed by atoms with Crippen LogP contribution in [0.15, 0.2) is 54.9 Å². The molecule has 0 bridgehead atoms. The normalized spacial score (nSPS) is 18.2. The Kier molecular flexibility index (Phi) is 6.74. The van der Waals surface area contributed by atoms with E-state index in [4.69, 9.17) is 11.6 Å². The Labute approximate surface area is 200 Å². The van der Waals surface area contributed by atoms with Crippen molar-refractivity contribution < 1.29 is 18.0 Å². The molecule has 1 saturated heterocycles. The molecule has 6 nitrogen and oxygen atoms in total. The van der Waals surface area contributed by atoms with Crippen molar-refractivity contribution in [1.82, 2.24) is 20.1 Å². The molecule has 1 amide bonds. The van der Waals surface area contributed by atoms with E-state index in [1.807, 2.05) is 29.2 Å². The van der Waals surface area contributed by atoms with Gasteiger partial charge in [0.25, 0.3) is 5.91 Å². The molecule has 1 aliphatic heterocycles. The van der Waals surface area contributed by atoms with Crippen LogP contribution in [0.4, 0.5) is 19.0 Å². The third-order valence-corrected chi connectivity index (χ3v) is 6.28. The lowest BCUT2D eigenvalue weighted by Gasteiger charge is -2.26. The minimum Gasteiger partial charge on any atom is -0.359 e. The van der Waals surface area contributed by atoms with E-state index in [1.165, 1.54) is 12.3 Å². The maximum Gasteiger partial charge on any atom is 0.417 e. The monoisotopic (exact) mass is 489 g/mol. The number of hydrogen-bond donors (Lipinski definition) is 0. The summed E-state index contributed by atoms with van der Waals surface area (Å²) in [5.74, 6) is 0.348. The molecule has 178 valence electrons. The van der Waals surface area contributed by atoms with Gasteiger partial charge in [0.05, 0.1) is 23.0 Å². The number of carbonyl (C=O) groups is 1. The van der Waals surface area contributed by atoms with Gasteiger partial charge >= 0.3 is 6.18 Å². The van der Waals surface area contributed by atoms with Gasteiger partial charge in [0.1, 0.15) is 5.82 Å². The number of anilines is 1. The van der Waals surface area contributed by atoms with Crippen LogP contribution in [0.1, 0.15) is 33.1 Å². The summed E-state index contributed by atoms with van der Waals surface area (Å²) in [6, 6.07) is 11.6. The van der Waals surface area contributed by atoms with Gasteiger partial charge in [0.15, 0.2) is 0 Å². The Morgan fingerprint density at radius 2 is 1.88 bits per heavy atom. The summed E-state index contributed by atoms with van der Waals surface area (Å²) >= 11 is 6.06. The zero-order valence-electron chi connectivity index (χ0n) is 18.6. The number of pyridine rings is 1. The smallest absolute Gasteiger partial charge is 0.359 e. The first kappa shape index (κ1) is 23.9. The van der Waals surface area contributed by atoms with Gasteiger partial charge in [-0.25, -0.2) is 4.98 Å². The van der Waals surface area contributed by atoms with Gasteiger partial charge in [0, 0.05) is 49.7 Å². The van der Waals surface area contributed by atoms with Crippen LogP contribution >= 0.6 is 11.6 Å². The predicted molar refractivity (Wildman–Crippen MR) is 123 cm³/mol. The van der Waals surface area contributed by atoms with Crippen LogP contribution in [-0.4, -0.2) is 52.7 Å². The molecule has 2 atom stereocenters. The first-order valence-electron chi connectivity index (χ1n) is 10.7. The van der Waals surface area contributed by atoms with Crippen LogP contribution in [0.5, 0.6) is 0 Å². The molecule has 4 rings (SSSR count). The minimum atomic E-state index is -4.43. The molecule has 0 radical (unpaired) electrons. The fraction of sp³-hybridized carbons (Fsp3) is 0.333. The highest BCUT2D eigenvalue weighted by molar-refractivity contribution is 6.30. The third-order valence-electron chi connectivity index (χ3n) is 6.02. The van der Waals surface area contributed by atoms with E-state index in [0.717, 1.165) is 17.8 Å². The van der Waals surface area contributed by atoms with Crippen LogP contribution in [0.3, 0.4) is 0 Å². The van der Waals surface area contributed by atoms with Gasteiger partial charge in [-0.3, -0.25) is 4.79 Å². The van der Waals surface area contributed by atoms with Crippen molar-refractivity contribution in [2.75, 3.05) is 31.6 Å². The molecule has 10 heteroatoms. The molecule has 1 aromatic carbocycles. The van der Waals surface area contributed by atoms with Gasteiger partial charge in [-0.2, -0.15) is 23.4 Å². The number of hydrogen-bond acceptors (Lipinski definition) is 5. The van der Waals surface area contributed by atoms with E-state index in [-0.39, 0.29) is 17.7 Å². The molecule has 3 aromatic rings. The van der Waals surface area contributed by atoms with Crippen molar-refractivity contribution in [2.24, 2.45) is 5.92 Å². The zero-order chi connectivity index (χ0) is 24.5. The fourth-order valence-corrected chi connectivity index (χ4v) is 4.43. The fourth-order valence-electron chi connectivity index (χ4n) is 4.31. The van der Waals surface area contributed by atoms with Crippen LogP contribution < -0.4 is 4.90 Å². The average molecular weight is 490 g/mol. The van der Waals surface area contributed by atoms with E-state index in [2.05, 4.69) is 15.2 Å². The lowest BCUT2D eigenvalue weighted by Crippen LogP contribution is -2.32. The summed E-state index contributed by atoms with van der Waals surface area (Å²) in [4.78, 5) is 20.8. The summed E-state index contributed by atoms with van der Waals surface area (Å²) in [6.07, 6.45) is -2.14. The van der Waals surface area contributed by atoms with Gasteiger partial charge in [0.2, 0.25) is 0 Å². The van der Waals surface area contributed by atoms with E-state index >= 15 is 0 Å². The summed E-state index contributed by atoms with van der Waals surface area (Å²) in [5, 5.41) is 8.42. The number of aryl methyl sites for hydroxylation is 1. The van der Waals surface area contributed by atoms with E-state index in [1.54, 1.807) is 24.9 Å². The summed E-state index contributed by atoms with van der Waals surface area (Å²) < 4.78 is 38.7. The minimum absolute atomic E-state index is 0.0222. The Hall–Kier alpha value is -3.20. The Morgan fingerprint density at radius 1 is 1.15 bits per heavy atom. The zero-order valence-corrected chi connectivity index (χ0v) is 19.4. The highest BCUT2D eigenvalue weighted by Crippen LogP contribution is 2.35. The first-order valence-corrected chi connectivity index (χ1v) is 11.1. The maximum absolute atomic E-state index is 13.2. The number of halogens is 4. The van der Waals surface area contributed by atoms with Crippen molar-refractivity contribution in [3.8, 4) is 0 Å². The van der Waals surface area contributed by atoms with Crippen molar-refractivity contribution >= 4 is 23.3 Å². The maximum atomic E-state index is 13.2. The molecule has 1 fully saturated rings. The standard InChI is InChI=1S/C24H23ClF3N5O/c1-15-9-17(10-30-31-15)23(34)33-13-18(21(14-33)16-3-6-20(25)7-4-16)12-32(2)22-8-5-19(11-29-22)24(26,27)28/h3-11,18,21H,12-14H2,1-2H3/t18-,21?/m0/s1. The number of amides is 1. The van der Waals surface area contributed by atoms with Crippen molar-refractivity contribution in [2.45, 2.75) is 19.0 Å². The van der Waals surface area contributed by atoms with E-state index in [0.29, 0.717) is 41.7 Å². The molecule has 34 heavy (non-hydrogen) atoms. The lowest BCUT2D eigenvalue weighted by atomic mass is 9.88. The van der Waals surface area contributed by atoms with Gasteiger partial charge in [-0.05, 0) is 42.8 Å². The summed E-state index contributed by atoms with van der Waals surface area (Å²) in [6.45, 7) is 3.27. The van der Waals surface area contributed by atoms with Gasteiger partial charge in [-0.15, -0.1) is 0 Å². The average Bonchev–Trinajstić information content (AvgIpc) is 3.22. The van der Waals surface area contributed by atoms with Crippen molar-refractivity contribution in [1.29, 1.82) is 0 Å². The molecule has 0 N–H and O–H groups in total. The van der Waals surface area contributed by atoms with E-state index < -0.39 is 11.7 Å². The molecule has 1 aliphatic rings. The molecule has 0 aliphatic carbocycles. The number of carbonyl (C=O) groups excluding carboxylic acids is 1. The largest absolute Gasteiger partial charge is 0.417 e. The number of likely N-dealkylation sites (tertiary alicyclic amines) is 1. The SMILES string of the molecule is Cc1cc(C(=O)N2CC(c3ccc(Cl)cc3)[C@@H](CN(C)c3ccc(C(F)(F)F)cn3)C2)cnn1. The number of benzene rings is 1.